The van der Waals surface area contributed by atoms with Crippen LogP contribution in [0.2, 0.25) is 0 Å². The number of carbonyl (C=O) groups excluding carboxylic acids is 1. The van der Waals surface area contributed by atoms with Crippen LogP contribution in [0.4, 0.5) is 0 Å². The molecule has 0 bridgehead atoms. The summed E-state index contributed by atoms with van der Waals surface area (Å²) in [5.74, 6) is -0.899. The Morgan fingerprint density at radius 1 is 0.625 bits per heavy atom. The monoisotopic (exact) mass is 445 g/mol. The second-order valence-electron chi connectivity index (χ2n) is 9.67. The molecule has 0 aromatic rings. The molecule has 0 N–H and O–H groups in total. The Bertz CT molecular complexity index is 356. The molecule has 0 rings (SSSR count). The van der Waals surface area contributed by atoms with Gasteiger partial charge in [-0.05, 0) is 45.2 Å². The van der Waals surface area contributed by atoms with E-state index in [0.29, 0.717) is 6.04 Å². The minimum atomic E-state index is -0.899. The van der Waals surface area contributed by atoms with Gasteiger partial charge in [0.05, 0.1) is 0 Å². The summed E-state index contributed by atoms with van der Waals surface area (Å²) in [5.41, 5.74) is 0. The van der Waals surface area contributed by atoms with E-state index in [0.717, 1.165) is 25.9 Å². The summed E-state index contributed by atoms with van der Waals surface area (Å²) in [4.78, 5) is 13.6. The van der Waals surface area contributed by atoms with Crippen molar-refractivity contribution in [1.82, 2.24) is 4.90 Å². The summed E-state index contributed by atoms with van der Waals surface area (Å²) in [7, 11) is 0. The molecule has 0 heterocycles. The number of hydrogen-bond acceptors (Lipinski definition) is 3. The quantitative estimate of drug-likeness (QED) is 0.152. The first-order valence-electron chi connectivity index (χ1n) is 14.1. The molecule has 0 aliphatic rings. The summed E-state index contributed by atoms with van der Waals surface area (Å²) < 4.78 is 0. The number of aliphatic carboxylic acids is 1. The first-order chi connectivity index (χ1) is 15.2. The van der Waals surface area contributed by atoms with E-state index < -0.39 is 5.97 Å². The van der Waals surface area contributed by atoms with Gasteiger partial charge in [0.15, 0.2) is 0 Å². The fourth-order valence-corrected chi connectivity index (χ4v) is 4.66. The van der Waals surface area contributed by atoms with Gasteiger partial charge in [0.2, 0.25) is 0 Å². The molecule has 186 valence electrons. The minimum Gasteiger partial charge on any atom is -0.550 e. The average Bonchev–Trinajstić information content (AvgIpc) is 2.76. The smallest absolute Gasteiger partial charge is 0.550 e. The van der Waals surface area contributed by atoms with E-state index in [9.17, 15) is 9.90 Å². The van der Waals surface area contributed by atoms with Crippen molar-refractivity contribution in [3.8, 4) is 0 Å². The standard InChI is InChI=1S/C28H57NO2.Li/c1-4-7-9-11-13-15-17-19-21-25-29(27(6-3)23-24-28(30)31)26-22-20-18-16-14-12-10-8-5-2;/h27H,4-26H2,1-3H3,(H,30,31);/q;+1/p-1. The molecule has 0 amide bonds. The number of nitrogens with zero attached hydrogens (tertiary/aromatic N) is 1. The normalized spacial score (nSPS) is 12.1. The minimum absolute atomic E-state index is 0. The molecule has 0 spiro atoms. The van der Waals surface area contributed by atoms with Crippen molar-refractivity contribution in [3.05, 3.63) is 0 Å². The van der Waals surface area contributed by atoms with Gasteiger partial charge in [-0.1, -0.05) is 124 Å². The number of carbonyl (C=O) groups is 1. The Kier molecular flexibility index (Phi) is 29.1. The first kappa shape index (κ1) is 34.2. The Balaban J connectivity index is 0. The van der Waals surface area contributed by atoms with E-state index in [-0.39, 0.29) is 25.3 Å². The molecule has 0 radical (unpaired) electrons. The molecule has 0 saturated heterocycles. The molecule has 32 heavy (non-hydrogen) atoms. The molecule has 0 fully saturated rings. The Hall–Kier alpha value is 0.0274. The van der Waals surface area contributed by atoms with Gasteiger partial charge in [-0.3, -0.25) is 0 Å². The number of carboxylic acids is 1. The first-order valence-corrected chi connectivity index (χ1v) is 14.1. The van der Waals surface area contributed by atoms with Crippen LogP contribution in [-0.4, -0.2) is 30.0 Å². The number of carboxylic acid groups (broad SMARTS) is 1. The topological polar surface area (TPSA) is 43.4 Å². The van der Waals surface area contributed by atoms with Crippen LogP contribution in [0.15, 0.2) is 0 Å². The van der Waals surface area contributed by atoms with Crippen LogP contribution in [0.5, 0.6) is 0 Å². The van der Waals surface area contributed by atoms with Crippen molar-refractivity contribution in [2.45, 2.75) is 162 Å². The van der Waals surface area contributed by atoms with E-state index in [1.54, 1.807) is 0 Å². The zero-order chi connectivity index (χ0) is 23.0. The summed E-state index contributed by atoms with van der Waals surface area (Å²) >= 11 is 0. The average molecular weight is 446 g/mol. The molecule has 0 saturated carbocycles. The van der Waals surface area contributed by atoms with Gasteiger partial charge in [-0.25, -0.2) is 0 Å². The number of hydrogen-bond donors (Lipinski definition) is 0. The van der Waals surface area contributed by atoms with Crippen LogP contribution >= 0.6 is 0 Å². The van der Waals surface area contributed by atoms with E-state index in [2.05, 4.69) is 25.7 Å². The van der Waals surface area contributed by atoms with Gasteiger partial charge in [-0.15, -0.1) is 0 Å². The van der Waals surface area contributed by atoms with Crippen molar-refractivity contribution < 1.29 is 28.8 Å². The maximum Gasteiger partial charge on any atom is 1.00 e. The Labute approximate surface area is 214 Å². The second kappa shape index (κ2) is 27.3. The van der Waals surface area contributed by atoms with Gasteiger partial charge in [-0.2, -0.15) is 0 Å². The number of unbranched alkanes of at least 4 members (excludes halogenated alkanes) is 16. The molecule has 0 aliphatic carbocycles. The summed E-state index contributed by atoms with van der Waals surface area (Å²) in [6.07, 6.45) is 26.4. The van der Waals surface area contributed by atoms with Crippen LogP contribution in [0, 0.1) is 0 Å². The van der Waals surface area contributed by atoms with Crippen LogP contribution in [0.1, 0.15) is 156 Å². The third-order valence-electron chi connectivity index (χ3n) is 6.77. The van der Waals surface area contributed by atoms with Crippen LogP contribution < -0.4 is 24.0 Å². The molecule has 0 aromatic heterocycles. The summed E-state index contributed by atoms with van der Waals surface area (Å²) in [6, 6.07) is 0.404. The number of rotatable bonds is 25. The van der Waals surface area contributed by atoms with E-state index >= 15 is 0 Å². The van der Waals surface area contributed by atoms with Crippen LogP contribution in [0.3, 0.4) is 0 Å². The van der Waals surface area contributed by atoms with Crippen molar-refractivity contribution in [2.24, 2.45) is 0 Å². The van der Waals surface area contributed by atoms with Gasteiger partial charge < -0.3 is 14.8 Å². The van der Waals surface area contributed by atoms with Gasteiger partial charge in [0, 0.05) is 12.0 Å². The fourth-order valence-electron chi connectivity index (χ4n) is 4.66. The Morgan fingerprint density at radius 3 is 1.28 bits per heavy atom. The van der Waals surface area contributed by atoms with Crippen molar-refractivity contribution in [1.29, 1.82) is 0 Å². The summed E-state index contributed by atoms with van der Waals surface area (Å²) in [5, 5.41) is 11.0. The predicted octanol–water partition coefficient (Wildman–Crippen LogP) is 4.66. The Morgan fingerprint density at radius 2 is 0.969 bits per heavy atom. The van der Waals surface area contributed by atoms with Gasteiger partial charge in [0.1, 0.15) is 0 Å². The van der Waals surface area contributed by atoms with Crippen molar-refractivity contribution in [3.63, 3.8) is 0 Å². The molecule has 4 heteroatoms. The zero-order valence-corrected chi connectivity index (χ0v) is 22.6. The SMILES string of the molecule is CCCCCCCCCCCN(CCCCCCCCCCC)C(CC)CCC(=O)[O-].[Li+]. The largest absolute Gasteiger partial charge is 1.00 e. The zero-order valence-electron chi connectivity index (χ0n) is 22.6. The summed E-state index contributed by atoms with van der Waals surface area (Å²) in [6.45, 7) is 9.03. The second-order valence-corrected chi connectivity index (χ2v) is 9.67. The molecule has 3 nitrogen and oxygen atoms in total. The van der Waals surface area contributed by atoms with Crippen LogP contribution in [-0.2, 0) is 4.79 Å². The third kappa shape index (κ3) is 23.2. The van der Waals surface area contributed by atoms with E-state index in [4.69, 9.17) is 0 Å². The molecular weight excluding hydrogens is 389 g/mol. The molecule has 1 atom stereocenters. The molecular formula is C28H56LiNO2. The van der Waals surface area contributed by atoms with Crippen molar-refractivity contribution in [2.75, 3.05) is 13.1 Å². The van der Waals surface area contributed by atoms with E-state index in [1.165, 1.54) is 116 Å². The van der Waals surface area contributed by atoms with Gasteiger partial charge in [0.25, 0.3) is 0 Å². The molecule has 0 aromatic carbocycles. The maximum absolute atomic E-state index is 11.0. The molecule has 0 aliphatic heterocycles. The third-order valence-corrected chi connectivity index (χ3v) is 6.77. The van der Waals surface area contributed by atoms with E-state index in [1.807, 2.05) is 0 Å². The van der Waals surface area contributed by atoms with Gasteiger partial charge >= 0.3 is 18.9 Å². The fraction of sp³-hybridized carbons (Fsp3) is 0.964. The van der Waals surface area contributed by atoms with Crippen LogP contribution in [0.25, 0.3) is 0 Å². The maximum atomic E-state index is 11.0. The van der Waals surface area contributed by atoms with Crippen molar-refractivity contribution >= 4 is 5.97 Å². The molecule has 1 unspecified atom stereocenters. The predicted molar refractivity (Wildman–Crippen MR) is 134 cm³/mol.